The molecular formula is C26H32N4O4. The number of pyridine rings is 1. The predicted molar refractivity (Wildman–Crippen MR) is 133 cm³/mol. The lowest BCUT2D eigenvalue weighted by Crippen LogP contribution is -2.43. The van der Waals surface area contributed by atoms with Gasteiger partial charge >= 0.3 is 0 Å². The average Bonchev–Trinajstić information content (AvgIpc) is 2.78. The van der Waals surface area contributed by atoms with Crippen LogP contribution in [-0.2, 0) is 17.6 Å². The third-order valence-corrected chi connectivity index (χ3v) is 5.43. The van der Waals surface area contributed by atoms with Crippen molar-refractivity contribution in [2.45, 2.75) is 38.3 Å². The molecular weight excluding hydrogens is 432 g/mol. The number of nitrogens with one attached hydrogen (secondary N) is 2. The summed E-state index contributed by atoms with van der Waals surface area (Å²) in [7, 11) is 1.47. The van der Waals surface area contributed by atoms with Crippen LogP contribution in [0.15, 0.2) is 60.8 Å². The normalized spacial score (nSPS) is 12.2. The SMILES string of the molecule is COc1ccc(NC(=O)Cc2cccc(CC(C)(C)NC[C@@H](O)c3ccc(N)nc3)c2)cc1O. The van der Waals surface area contributed by atoms with Crippen molar-refractivity contribution in [2.24, 2.45) is 0 Å². The molecule has 2 aromatic carbocycles. The topological polar surface area (TPSA) is 130 Å². The highest BCUT2D eigenvalue weighted by atomic mass is 16.5. The maximum atomic E-state index is 12.5. The number of amides is 1. The fourth-order valence-corrected chi connectivity index (χ4v) is 3.69. The Bertz CT molecular complexity index is 1120. The van der Waals surface area contributed by atoms with E-state index in [0.29, 0.717) is 35.8 Å². The summed E-state index contributed by atoms with van der Waals surface area (Å²) < 4.78 is 5.02. The van der Waals surface area contributed by atoms with Crippen LogP contribution in [0.2, 0.25) is 0 Å². The van der Waals surface area contributed by atoms with Crippen LogP contribution >= 0.6 is 0 Å². The number of nitrogen functional groups attached to an aromatic ring is 1. The van der Waals surface area contributed by atoms with E-state index in [1.807, 2.05) is 24.3 Å². The van der Waals surface area contributed by atoms with Gasteiger partial charge in [0.05, 0.1) is 19.6 Å². The van der Waals surface area contributed by atoms with Crippen LogP contribution in [0, 0.1) is 0 Å². The van der Waals surface area contributed by atoms with E-state index in [9.17, 15) is 15.0 Å². The molecule has 8 nitrogen and oxygen atoms in total. The second-order valence-electron chi connectivity index (χ2n) is 8.91. The highest BCUT2D eigenvalue weighted by Gasteiger charge is 2.20. The number of phenolic OH excluding ortho intramolecular Hbond substituents is 1. The Kier molecular flexibility index (Phi) is 8.09. The molecule has 1 amide bonds. The molecule has 3 aromatic rings. The summed E-state index contributed by atoms with van der Waals surface area (Å²) in [6, 6.07) is 16.0. The number of carbonyl (C=O) groups excluding carboxylic acids is 1. The zero-order valence-corrected chi connectivity index (χ0v) is 19.7. The number of aliphatic hydroxyl groups is 1. The summed E-state index contributed by atoms with van der Waals surface area (Å²) in [4.78, 5) is 16.5. The third kappa shape index (κ3) is 7.19. The smallest absolute Gasteiger partial charge is 0.228 e. The second kappa shape index (κ2) is 11.0. The molecule has 0 aliphatic carbocycles. The molecule has 0 bridgehead atoms. The van der Waals surface area contributed by atoms with Gasteiger partial charge in [0.1, 0.15) is 5.82 Å². The van der Waals surface area contributed by atoms with E-state index in [4.69, 9.17) is 10.5 Å². The number of aromatic nitrogens is 1. The summed E-state index contributed by atoms with van der Waals surface area (Å²) in [5, 5.41) is 26.5. The van der Waals surface area contributed by atoms with Crippen molar-refractivity contribution in [1.82, 2.24) is 10.3 Å². The minimum Gasteiger partial charge on any atom is -0.504 e. The number of hydrogen-bond acceptors (Lipinski definition) is 7. The number of hydrogen-bond donors (Lipinski definition) is 5. The molecule has 0 unspecified atom stereocenters. The van der Waals surface area contributed by atoms with E-state index < -0.39 is 6.10 Å². The van der Waals surface area contributed by atoms with Crippen molar-refractivity contribution >= 4 is 17.4 Å². The molecule has 3 rings (SSSR count). The molecule has 0 saturated heterocycles. The first-order valence-corrected chi connectivity index (χ1v) is 11.0. The number of rotatable bonds is 10. The Morgan fingerprint density at radius 1 is 1.15 bits per heavy atom. The Balaban J connectivity index is 1.55. The van der Waals surface area contributed by atoms with Crippen LogP contribution < -0.4 is 21.1 Å². The van der Waals surface area contributed by atoms with E-state index in [2.05, 4.69) is 29.5 Å². The number of anilines is 2. The maximum absolute atomic E-state index is 12.5. The van der Waals surface area contributed by atoms with Crippen LogP contribution in [0.5, 0.6) is 11.5 Å². The fraction of sp³-hybridized carbons (Fsp3) is 0.308. The largest absolute Gasteiger partial charge is 0.504 e. The fourth-order valence-electron chi connectivity index (χ4n) is 3.69. The quantitative estimate of drug-likeness (QED) is 0.311. The number of ether oxygens (including phenoxy) is 1. The van der Waals surface area contributed by atoms with E-state index in [0.717, 1.165) is 11.1 Å². The molecule has 0 aliphatic heterocycles. The van der Waals surface area contributed by atoms with Gasteiger partial charge in [-0.3, -0.25) is 4.79 Å². The van der Waals surface area contributed by atoms with Gasteiger partial charge < -0.3 is 31.3 Å². The minimum absolute atomic E-state index is 0.0326. The van der Waals surface area contributed by atoms with E-state index >= 15 is 0 Å². The molecule has 0 saturated carbocycles. The Morgan fingerprint density at radius 3 is 2.59 bits per heavy atom. The monoisotopic (exact) mass is 464 g/mol. The summed E-state index contributed by atoms with van der Waals surface area (Å²) in [6.07, 6.45) is 1.80. The lowest BCUT2D eigenvalue weighted by atomic mass is 9.93. The third-order valence-electron chi connectivity index (χ3n) is 5.43. The highest BCUT2D eigenvalue weighted by molar-refractivity contribution is 5.92. The van der Waals surface area contributed by atoms with Crippen LogP contribution in [0.3, 0.4) is 0 Å². The van der Waals surface area contributed by atoms with E-state index in [-0.39, 0.29) is 23.6 Å². The minimum atomic E-state index is -0.695. The first-order chi connectivity index (χ1) is 16.1. The Hall–Kier alpha value is -3.62. The van der Waals surface area contributed by atoms with Crippen molar-refractivity contribution in [2.75, 3.05) is 24.7 Å². The number of β-amino-alcohol motifs (C(OH)–C–C–N with tert-alkyl or cyclic N) is 1. The maximum Gasteiger partial charge on any atom is 0.228 e. The highest BCUT2D eigenvalue weighted by Crippen LogP contribution is 2.28. The van der Waals surface area contributed by atoms with Gasteiger partial charge in [0, 0.05) is 35.6 Å². The van der Waals surface area contributed by atoms with Gasteiger partial charge in [-0.15, -0.1) is 0 Å². The van der Waals surface area contributed by atoms with Crippen LogP contribution in [-0.4, -0.2) is 40.3 Å². The van der Waals surface area contributed by atoms with Gasteiger partial charge in [0.15, 0.2) is 11.5 Å². The Morgan fingerprint density at radius 2 is 1.91 bits per heavy atom. The summed E-state index contributed by atoms with van der Waals surface area (Å²) >= 11 is 0. The second-order valence-corrected chi connectivity index (χ2v) is 8.91. The molecule has 0 spiro atoms. The predicted octanol–water partition coefficient (Wildman–Crippen LogP) is 3.20. The lowest BCUT2D eigenvalue weighted by molar-refractivity contribution is -0.115. The zero-order chi connectivity index (χ0) is 24.7. The molecule has 0 fully saturated rings. The first kappa shape index (κ1) is 25.0. The average molecular weight is 465 g/mol. The number of phenols is 1. The van der Waals surface area contributed by atoms with Crippen molar-refractivity contribution < 1.29 is 19.7 Å². The summed E-state index contributed by atoms with van der Waals surface area (Å²) in [6.45, 7) is 4.50. The molecule has 8 heteroatoms. The zero-order valence-electron chi connectivity index (χ0n) is 19.7. The van der Waals surface area contributed by atoms with Gasteiger partial charge in [-0.1, -0.05) is 30.3 Å². The van der Waals surface area contributed by atoms with Gasteiger partial charge in [-0.2, -0.15) is 0 Å². The molecule has 1 atom stereocenters. The molecule has 6 N–H and O–H groups in total. The number of nitrogens with two attached hydrogens (primary N) is 1. The van der Waals surface area contributed by atoms with E-state index in [1.54, 1.807) is 30.5 Å². The van der Waals surface area contributed by atoms with Gasteiger partial charge in [0.25, 0.3) is 0 Å². The standard InChI is InChI=1S/C26H32N4O4/c1-26(2,29-16-22(32)19-7-10-24(27)28-15-19)14-18-6-4-5-17(11-18)12-25(33)30-20-8-9-23(34-3)21(31)13-20/h4-11,13,15,22,29,31-32H,12,14,16H2,1-3H3,(H2,27,28)(H,30,33)/t22-/m1/s1. The van der Waals surface area contributed by atoms with Crippen molar-refractivity contribution in [3.8, 4) is 11.5 Å². The number of aliphatic hydroxyl groups excluding tert-OH is 1. The number of carbonyl (C=O) groups is 1. The van der Waals surface area contributed by atoms with Gasteiger partial charge in [0.2, 0.25) is 5.91 Å². The van der Waals surface area contributed by atoms with Gasteiger partial charge in [-0.25, -0.2) is 4.98 Å². The molecule has 1 aromatic heterocycles. The lowest BCUT2D eigenvalue weighted by Gasteiger charge is -2.28. The molecule has 34 heavy (non-hydrogen) atoms. The molecule has 180 valence electrons. The Labute approximate surface area is 199 Å². The van der Waals surface area contributed by atoms with Crippen LogP contribution in [0.1, 0.15) is 36.6 Å². The number of methoxy groups -OCH3 is 1. The van der Waals surface area contributed by atoms with Crippen molar-refractivity contribution in [3.63, 3.8) is 0 Å². The molecule has 0 radical (unpaired) electrons. The van der Waals surface area contributed by atoms with Crippen LogP contribution in [0.4, 0.5) is 11.5 Å². The first-order valence-electron chi connectivity index (χ1n) is 11.0. The summed E-state index contributed by atoms with van der Waals surface area (Å²) in [5.41, 5.74) is 8.48. The molecule has 1 heterocycles. The van der Waals surface area contributed by atoms with Crippen LogP contribution in [0.25, 0.3) is 0 Å². The van der Waals surface area contributed by atoms with Crippen molar-refractivity contribution in [3.05, 3.63) is 77.5 Å². The molecule has 0 aliphatic rings. The van der Waals surface area contributed by atoms with E-state index in [1.165, 1.54) is 13.2 Å². The summed E-state index contributed by atoms with van der Waals surface area (Å²) in [5.74, 6) is 0.550. The number of benzene rings is 2. The number of aromatic hydroxyl groups is 1. The number of nitrogens with zero attached hydrogens (tertiary/aromatic N) is 1. The van der Waals surface area contributed by atoms with Crippen molar-refractivity contribution in [1.29, 1.82) is 0 Å². The van der Waals surface area contributed by atoms with Gasteiger partial charge in [-0.05, 0) is 49.6 Å².